The van der Waals surface area contributed by atoms with Crippen molar-refractivity contribution < 1.29 is 9.84 Å². The molecule has 0 spiro atoms. The van der Waals surface area contributed by atoms with Gasteiger partial charge in [0.2, 0.25) is 0 Å². The fraction of sp³-hybridized carbons (Fsp3) is 0.379. The standard InChI is InChI=1S/C29H34N4O2S/c1-3-19-17-33-14-12-21(19)15-27(33)28(23-11-13-30-25-10-9-22(35-2)16-24(23)25)32-29(36)31-26(18-34)20-7-5-4-6-8-20/h3-11,13,16,19,21,26-28,34H,1,12,14-15,17-18H2,2H3,(H2,31,32,36)/t19?,21?,26-,27?,28+/m1/s1. The summed E-state index contributed by atoms with van der Waals surface area (Å²) >= 11 is 5.84. The maximum atomic E-state index is 10.1. The van der Waals surface area contributed by atoms with Gasteiger partial charge in [0.1, 0.15) is 5.75 Å². The number of piperidine rings is 3. The van der Waals surface area contributed by atoms with Crippen molar-refractivity contribution in [2.45, 2.75) is 31.0 Å². The first-order valence-electron chi connectivity index (χ1n) is 12.6. The summed E-state index contributed by atoms with van der Waals surface area (Å²) in [4.78, 5) is 7.19. The second-order valence-electron chi connectivity index (χ2n) is 9.77. The topological polar surface area (TPSA) is 69.7 Å². The molecular formula is C29H34N4O2S. The predicted octanol–water partition coefficient (Wildman–Crippen LogP) is 4.38. The van der Waals surface area contributed by atoms with Gasteiger partial charge in [-0.25, -0.2) is 0 Å². The SMILES string of the molecule is C=CC1CN2CCC1CC2[C@@H](NC(=S)N[C@H](CO)c1ccccc1)c1ccnc2ccc(OC)cc12. The van der Waals surface area contributed by atoms with Gasteiger partial charge in [-0.1, -0.05) is 36.4 Å². The van der Waals surface area contributed by atoms with Crippen molar-refractivity contribution in [2.24, 2.45) is 11.8 Å². The van der Waals surface area contributed by atoms with Crippen LogP contribution < -0.4 is 15.4 Å². The molecule has 3 aliphatic rings. The molecule has 0 radical (unpaired) electrons. The minimum Gasteiger partial charge on any atom is -0.497 e. The lowest BCUT2D eigenvalue weighted by Gasteiger charge is -2.52. The summed E-state index contributed by atoms with van der Waals surface area (Å²) in [5.74, 6) is 1.96. The summed E-state index contributed by atoms with van der Waals surface area (Å²) in [6.45, 7) is 6.14. The Labute approximate surface area is 218 Å². The molecule has 0 saturated carbocycles. The van der Waals surface area contributed by atoms with E-state index < -0.39 is 0 Å². The first kappa shape index (κ1) is 24.7. The molecule has 2 bridgehead atoms. The van der Waals surface area contributed by atoms with Gasteiger partial charge in [0.15, 0.2) is 5.11 Å². The van der Waals surface area contributed by atoms with Crippen LogP contribution in [0.3, 0.4) is 0 Å². The second kappa shape index (κ2) is 10.9. The van der Waals surface area contributed by atoms with Crippen molar-refractivity contribution in [1.29, 1.82) is 0 Å². The van der Waals surface area contributed by atoms with Crippen molar-refractivity contribution in [3.05, 3.63) is 84.6 Å². The molecular weight excluding hydrogens is 468 g/mol. The zero-order valence-electron chi connectivity index (χ0n) is 20.6. The third-order valence-electron chi connectivity index (χ3n) is 7.83. The molecule has 0 amide bonds. The fourth-order valence-electron chi connectivity index (χ4n) is 5.91. The average molecular weight is 503 g/mol. The van der Waals surface area contributed by atoms with E-state index in [1.807, 2.05) is 48.7 Å². The third kappa shape index (κ3) is 4.96. The molecule has 6 rings (SSSR count). The van der Waals surface area contributed by atoms with Crippen LogP contribution in [0.5, 0.6) is 5.75 Å². The number of methoxy groups -OCH3 is 1. The van der Waals surface area contributed by atoms with Crippen LogP contribution in [0.2, 0.25) is 0 Å². The van der Waals surface area contributed by atoms with Gasteiger partial charge < -0.3 is 20.5 Å². The van der Waals surface area contributed by atoms with Crippen LogP contribution in [0, 0.1) is 11.8 Å². The Kier molecular flexibility index (Phi) is 7.51. The van der Waals surface area contributed by atoms with E-state index in [0.717, 1.165) is 47.3 Å². The Bertz CT molecular complexity index is 1220. The van der Waals surface area contributed by atoms with Gasteiger partial charge in [-0.2, -0.15) is 0 Å². The van der Waals surface area contributed by atoms with Gasteiger partial charge in [-0.05, 0) is 78.8 Å². The summed E-state index contributed by atoms with van der Waals surface area (Å²) in [7, 11) is 1.69. The molecule has 3 N–H and O–H groups in total. The maximum Gasteiger partial charge on any atom is 0.167 e. The van der Waals surface area contributed by atoms with Gasteiger partial charge in [-0.15, -0.1) is 6.58 Å². The van der Waals surface area contributed by atoms with Crippen LogP contribution in [0.1, 0.15) is 36.1 Å². The van der Waals surface area contributed by atoms with E-state index in [9.17, 15) is 5.11 Å². The summed E-state index contributed by atoms with van der Waals surface area (Å²) in [6, 6.07) is 18.0. The average Bonchev–Trinajstić information content (AvgIpc) is 2.94. The van der Waals surface area contributed by atoms with Crippen LogP contribution in [-0.2, 0) is 0 Å². The predicted molar refractivity (Wildman–Crippen MR) is 148 cm³/mol. The van der Waals surface area contributed by atoms with Gasteiger partial charge >= 0.3 is 0 Å². The smallest absolute Gasteiger partial charge is 0.167 e. The highest BCUT2D eigenvalue weighted by Gasteiger charge is 2.43. The van der Waals surface area contributed by atoms with Crippen LogP contribution in [0.25, 0.3) is 10.9 Å². The van der Waals surface area contributed by atoms with E-state index in [1.54, 1.807) is 7.11 Å². The van der Waals surface area contributed by atoms with Crippen LogP contribution in [0.15, 0.2) is 73.4 Å². The highest BCUT2D eigenvalue weighted by molar-refractivity contribution is 7.80. The molecule has 6 atom stereocenters. The summed E-state index contributed by atoms with van der Waals surface area (Å²) in [5, 5.41) is 18.7. The Morgan fingerprint density at radius 2 is 2.08 bits per heavy atom. The highest BCUT2D eigenvalue weighted by Crippen LogP contribution is 2.42. The van der Waals surface area contributed by atoms with Crippen LogP contribution in [0.4, 0.5) is 0 Å². The maximum absolute atomic E-state index is 10.1. The lowest BCUT2D eigenvalue weighted by molar-refractivity contribution is 0.00425. The number of thiocarbonyl (C=S) groups is 1. The number of hydrogen-bond donors (Lipinski definition) is 3. The molecule has 6 nitrogen and oxygen atoms in total. The van der Waals surface area contributed by atoms with E-state index in [4.69, 9.17) is 17.0 Å². The first-order valence-corrected chi connectivity index (χ1v) is 13.0. The quantitative estimate of drug-likeness (QED) is 0.312. The summed E-state index contributed by atoms with van der Waals surface area (Å²) in [5.41, 5.74) is 3.07. The Morgan fingerprint density at radius 1 is 1.25 bits per heavy atom. The number of benzene rings is 2. The Hall–Kier alpha value is -3.00. The number of aliphatic hydroxyl groups is 1. The monoisotopic (exact) mass is 502 g/mol. The fourth-order valence-corrected chi connectivity index (χ4v) is 6.18. The summed E-state index contributed by atoms with van der Waals surface area (Å²) in [6.07, 6.45) is 6.28. The van der Waals surface area contributed by atoms with Crippen molar-refractivity contribution in [2.75, 3.05) is 26.8 Å². The molecule has 36 heavy (non-hydrogen) atoms. The number of aliphatic hydroxyl groups excluding tert-OH is 1. The summed E-state index contributed by atoms with van der Waals surface area (Å²) < 4.78 is 5.54. The van der Waals surface area contributed by atoms with E-state index in [1.165, 1.54) is 6.42 Å². The minimum absolute atomic E-state index is 0.0497. The molecule has 4 unspecified atom stereocenters. The van der Waals surface area contributed by atoms with Crippen molar-refractivity contribution in [3.8, 4) is 5.75 Å². The third-order valence-corrected chi connectivity index (χ3v) is 8.07. The van der Waals surface area contributed by atoms with Gasteiger partial charge in [0.25, 0.3) is 0 Å². The lowest BCUT2D eigenvalue weighted by atomic mass is 9.73. The molecule has 3 fully saturated rings. The first-order chi connectivity index (χ1) is 17.6. The molecule has 0 aliphatic carbocycles. The number of fused-ring (bicyclic) bond motifs is 4. The number of pyridine rings is 1. The number of nitrogens with one attached hydrogen (secondary N) is 2. The Morgan fingerprint density at radius 3 is 2.78 bits per heavy atom. The van der Waals surface area contributed by atoms with Crippen LogP contribution >= 0.6 is 12.2 Å². The van der Waals surface area contributed by atoms with Crippen molar-refractivity contribution >= 4 is 28.2 Å². The van der Waals surface area contributed by atoms with E-state index in [2.05, 4.69) is 45.3 Å². The molecule has 3 aromatic rings. The molecule has 7 heteroatoms. The molecule has 4 heterocycles. The molecule has 188 valence electrons. The number of hydrogen-bond acceptors (Lipinski definition) is 5. The molecule has 3 aliphatic heterocycles. The van der Waals surface area contributed by atoms with Crippen molar-refractivity contribution in [3.63, 3.8) is 0 Å². The highest BCUT2D eigenvalue weighted by atomic mass is 32.1. The van der Waals surface area contributed by atoms with Crippen molar-refractivity contribution in [1.82, 2.24) is 20.5 Å². The van der Waals surface area contributed by atoms with E-state index in [0.29, 0.717) is 16.9 Å². The zero-order chi connectivity index (χ0) is 25.1. The van der Waals surface area contributed by atoms with Crippen LogP contribution in [-0.4, -0.2) is 53.0 Å². The number of rotatable bonds is 8. The minimum atomic E-state index is -0.283. The van der Waals surface area contributed by atoms with E-state index in [-0.39, 0.29) is 24.7 Å². The van der Waals surface area contributed by atoms with Gasteiger partial charge in [-0.3, -0.25) is 9.88 Å². The second-order valence-corrected chi connectivity index (χ2v) is 10.2. The number of ether oxygens (including phenoxy) is 1. The Balaban J connectivity index is 1.48. The number of nitrogens with zero attached hydrogens (tertiary/aromatic N) is 2. The normalized spacial score (nSPS) is 24.6. The molecule has 3 saturated heterocycles. The number of aromatic nitrogens is 1. The van der Waals surface area contributed by atoms with E-state index >= 15 is 0 Å². The largest absolute Gasteiger partial charge is 0.497 e. The van der Waals surface area contributed by atoms with Gasteiger partial charge in [0.05, 0.1) is 31.3 Å². The molecule has 2 aromatic carbocycles. The lowest BCUT2D eigenvalue weighted by Crippen LogP contribution is -2.58. The van der Waals surface area contributed by atoms with Gasteiger partial charge in [0, 0.05) is 24.2 Å². The zero-order valence-corrected chi connectivity index (χ0v) is 21.5. The molecule has 1 aromatic heterocycles.